The molecule has 7 heteroatoms. The van der Waals surface area contributed by atoms with Gasteiger partial charge in [-0.2, -0.15) is 0 Å². The minimum absolute atomic E-state index is 0.154. The molecule has 1 aromatic carbocycles. The third-order valence-electron chi connectivity index (χ3n) is 6.68. The number of halogens is 1. The van der Waals surface area contributed by atoms with Crippen LogP contribution >= 0.6 is 11.6 Å². The van der Waals surface area contributed by atoms with Crippen molar-refractivity contribution in [2.45, 2.75) is 71.9 Å². The zero-order valence-electron chi connectivity index (χ0n) is 22.0. The molecule has 3 N–H and O–H groups in total. The summed E-state index contributed by atoms with van der Waals surface area (Å²) in [5, 5.41) is 4.43. The van der Waals surface area contributed by atoms with Crippen LogP contribution in [-0.2, 0) is 0 Å². The van der Waals surface area contributed by atoms with Gasteiger partial charge in [-0.05, 0) is 56.0 Å². The van der Waals surface area contributed by atoms with Gasteiger partial charge in [-0.15, -0.1) is 0 Å². The minimum Gasteiger partial charge on any atom is -0.379 e. The highest BCUT2D eigenvalue weighted by Crippen LogP contribution is 2.38. The van der Waals surface area contributed by atoms with Gasteiger partial charge < -0.3 is 20.9 Å². The molecule has 2 heterocycles. The van der Waals surface area contributed by atoms with E-state index < -0.39 is 0 Å². The van der Waals surface area contributed by atoms with Gasteiger partial charge in [0.2, 0.25) is 0 Å². The lowest BCUT2D eigenvalue weighted by atomic mass is 9.89. The molecule has 0 saturated carbocycles. The quantitative estimate of drug-likeness (QED) is 0.396. The Morgan fingerprint density at radius 1 is 1.26 bits per heavy atom. The number of nitrogens with two attached hydrogens (primary N) is 1. The number of rotatable bonds is 9. The number of anilines is 1. The van der Waals surface area contributed by atoms with Crippen LogP contribution in [0, 0.1) is 5.41 Å². The molecule has 1 aromatic rings. The highest BCUT2D eigenvalue weighted by molar-refractivity contribution is 6.31. The summed E-state index contributed by atoms with van der Waals surface area (Å²) >= 11 is 6.88. The van der Waals surface area contributed by atoms with Gasteiger partial charge in [-0.25, -0.2) is 4.99 Å². The predicted octanol–water partition coefficient (Wildman–Crippen LogP) is 6.22. The summed E-state index contributed by atoms with van der Waals surface area (Å²) in [5.41, 5.74) is 10.1. The molecule has 0 amide bonds. The lowest BCUT2D eigenvalue weighted by Crippen LogP contribution is -2.54. The minimum atomic E-state index is 0.154. The number of benzene rings is 1. The average molecular weight is 499 g/mol. The smallest absolute Gasteiger partial charge is 0.130 e. The molecule has 0 spiro atoms. The topological polar surface area (TPSA) is 69.2 Å². The van der Waals surface area contributed by atoms with Gasteiger partial charge in [0.05, 0.1) is 18.8 Å². The number of nitrogens with zero attached hydrogens (tertiary/aromatic N) is 4. The molecule has 2 saturated heterocycles. The molecule has 2 aliphatic rings. The van der Waals surface area contributed by atoms with E-state index >= 15 is 0 Å². The van der Waals surface area contributed by atoms with Crippen molar-refractivity contribution < 1.29 is 0 Å². The van der Waals surface area contributed by atoms with E-state index in [0.29, 0.717) is 6.04 Å². The third-order valence-corrected chi connectivity index (χ3v) is 7.01. The van der Waals surface area contributed by atoms with Gasteiger partial charge in [0.1, 0.15) is 5.82 Å². The number of hydrogen-bond donors (Lipinski definition) is 2. The van der Waals surface area contributed by atoms with Crippen molar-refractivity contribution in [1.29, 1.82) is 0 Å². The van der Waals surface area contributed by atoms with E-state index in [1.165, 1.54) is 12.1 Å². The van der Waals surface area contributed by atoms with Crippen molar-refractivity contribution in [2.24, 2.45) is 21.1 Å². The second-order valence-corrected chi connectivity index (χ2v) is 11.4. The highest BCUT2D eigenvalue weighted by Gasteiger charge is 2.30. The summed E-state index contributed by atoms with van der Waals surface area (Å²) in [6.07, 6.45) is 7.49. The Morgan fingerprint density at radius 2 is 2.00 bits per heavy atom. The zero-order valence-corrected chi connectivity index (χ0v) is 22.7. The predicted molar refractivity (Wildman–Crippen MR) is 151 cm³/mol. The van der Waals surface area contributed by atoms with Crippen LogP contribution in [0.15, 0.2) is 52.4 Å². The van der Waals surface area contributed by atoms with Gasteiger partial charge in [0.15, 0.2) is 0 Å². The Labute approximate surface area is 217 Å². The maximum atomic E-state index is 6.88. The fourth-order valence-electron chi connectivity index (χ4n) is 4.98. The molecular formula is C28H43ClN6. The van der Waals surface area contributed by atoms with E-state index in [1.54, 1.807) is 0 Å². The van der Waals surface area contributed by atoms with E-state index in [4.69, 9.17) is 17.3 Å². The van der Waals surface area contributed by atoms with E-state index in [9.17, 15) is 0 Å². The summed E-state index contributed by atoms with van der Waals surface area (Å²) in [6.45, 7) is 20.0. The number of nitrogens with one attached hydrogen (secondary N) is 1. The first-order valence-electron chi connectivity index (χ1n) is 12.8. The summed E-state index contributed by atoms with van der Waals surface area (Å²) in [5.74, 6) is 0.829. The van der Waals surface area contributed by atoms with E-state index in [1.807, 2.05) is 13.0 Å². The van der Waals surface area contributed by atoms with Crippen LogP contribution in [0.3, 0.4) is 0 Å². The molecule has 0 unspecified atom stereocenters. The molecular weight excluding hydrogens is 456 g/mol. The van der Waals surface area contributed by atoms with Crippen LogP contribution in [0.1, 0.15) is 71.4 Å². The first-order valence-corrected chi connectivity index (χ1v) is 13.1. The molecule has 0 aliphatic carbocycles. The number of allylic oxidation sites excluding steroid dienone is 2. The van der Waals surface area contributed by atoms with E-state index in [-0.39, 0.29) is 18.1 Å². The second-order valence-electron chi connectivity index (χ2n) is 11.0. The van der Waals surface area contributed by atoms with Crippen LogP contribution in [0.25, 0.3) is 0 Å². The Morgan fingerprint density at radius 3 is 2.63 bits per heavy atom. The molecule has 6 nitrogen and oxygen atoms in total. The fourth-order valence-corrected chi connectivity index (χ4v) is 5.28. The summed E-state index contributed by atoms with van der Waals surface area (Å²) in [4.78, 5) is 13.3. The third kappa shape index (κ3) is 7.58. The largest absolute Gasteiger partial charge is 0.379 e. The Bertz CT molecular complexity index is 955. The molecule has 3 rings (SSSR count). The van der Waals surface area contributed by atoms with Crippen molar-refractivity contribution in [3.63, 3.8) is 0 Å². The lowest BCUT2D eigenvalue weighted by molar-refractivity contribution is 0.192. The molecule has 2 aliphatic heterocycles. The summed E-state index contributed by atoms with van der Waals surface area (Å²) in [6, 6.07) is 6.96. The SMILES string of the molecule is C=N/C(=C\C(C)=N/CN)N1CCCCC[C@@H]1c1ccc(NC2CN(C(=C)CC(C)(C)C)C2)cc1Cl. The van der Waals surface area contributed by atoms with Crippen molar-refractivity contribution >= 4 is 29.7 Å². The molecule has 2 fully saturated rings. The number of likely N-dealkylation sites (tertiary alicyclic amines) is 2. The normalized spacial score (nSPS) is 20.3. The van der Waals surface area contributed by atoms with E-state index in [2.05, 4.69) is 77.4 Å². The van der Waals surface area contributed by atoms with Gasteiger partial charge in [0, 0.05) is 47.8 Å². The maximum absolute atomic E-state index is 6.88. The lowest BCUT2D eigenvalue weighted by Gasteiger charge is -2.44. The molecule has 0 radical (unpaired) electrons. The molecule has 0 bridgehead atoms. The maximum Gasteiger partial charge on any atom is 0.130 e. The van der Waals surface area contributed by atoms with Crippen LogP contribution in [-0.4, -0.2) is 54.6 Å². The fraction of sp³-hybridized carbons (Fsp3) is 0.571. The van der Waals surface area contributed by atoms with Crippen molar-refractivity contribution in [3.8, 4) is 0 Å². The Balaban J connectivity index is 1.71. The highest BCUT2D eigenvalue weighted by atomic mass is 35.5. The summed E-state index contributed by atoms with van der Waals surface area (Å²) in [7, 11) is 0. The average Bonchev–Trinajstić information content (AvgIpc) is 2.99. The molecule has 0 aromatic heterocycles. The first kappa shape index (κ1) is 27.3. The molecule has 35 heavy (non-hydrogen) atoms. The monoisotopic (exact) mass is 498 g/mol. The van der Waals surface area contributed by atoms with E-state index in [0.717, 1.165) is 73.1 Å². The molecule has 192 valence electrons. The number of aliphatic imine (C=N–C) groups is 2. The standard InChI is InChI=1S/C28H43ClN6/c1-20(32-19-30)14-27(31-6)35-13-9-7-8-10-26(35)24-12-11-22(15-25(24)29)33-23-17-34(18-23)21(2)16-28(3,4)5/h11-12,14-15,23,26,33H,2,6-10,13,16-19,30H2,1,3-5H3/b27-14+,32-20-/t26-/m1/s1. The summed E-state index contributed by atoms with van der Waals surface area (Å²) < 4.78 is 0. The van der Waals surface area contributed by atoms with Gasteiger partial charge in [-0.1, -0.05) is 57.9 Å². The second kappa shape index (κ2) is 12.1. The van der Waals surface area contributed by atoms with Crippen LogP contribution in [0.4, 0.5) is 5.69 Å². The Kier molecular flexibility index (Phi) is 9.42. The van der Waals surface area contributed by atoms with Gasteiger partial charge >= 0.3 is 0 Å². The van der Waals surface area contributed by atoms with Crippen LogP contribution < -0.4 is 11.1 Å². The van der Waals surface area contributed by atoms with Gasteiger partial charge in [-0.3, -0.25) is 4.99 Å². The van der Waals surface area contributed by atoms with Crippen molar-refractivity contribution in [2.75, 3.05) is 31.6 Å². The van der Waals surface area contributed by atoms with Gasteiger partial charge in [0.25, 0.3) is 0 Å². The first-order chi connectivity index (χ1) is 16.6. The van der Waals surface area contributed by atoms with Crippen molar-refractivity contribution in [3.05, 3.63) is 53.0 Å². The molecule has 1 atom stereocenters. The zero-order chi connectivity index (χ0) is 25.6. The van der Waals surface area contributed by atoms with Crippen LogP contribution in [0.2, 0.25) is 5.02 Å². The number of hydrogen-bond acceptors (Lipinski definition) is 6. The Hall–Kier alpha value is -2.31. The van der Waals surface area contributed by atoms with Crippen LogP contribution in [0.5, 0.6) is 0 Å². The van der Waals surface area contributed by atoms with Crippen molar-refractivity contribution in [1.82, 2.24) is 9.80 Å².